The van der Waals surface area contributed by atoms with E-state index in [4.69, 9.17) is 18.9 Å². The maximum atomic E-state index is 13.7. The van der Waals surface area contributed by atoms with E-state index >= 15 is 0 Å². The third kappa shape index (κ3) is 1.47. The molecule has 8 heteroatoms. The molecule has 5 heterocycles. The number of carbonyl (C=O) groups excluding carboxylic acids is 2. The highest BCUT2D eigenvalue weighted by molar-refractivity contribution is 6.06. The molecule has 28 heavy (non-hydrogen) atoms. The Morgan fingerprint density at radius 3 is 2.46 bits per heavy atom. The number of fused-ring (bicyclic) bond motifs is 3. The van der Waals surface area contributed by atoms with Crippen molar-refractivity contribution in [3.63, 3.8) is 0 Å². The second-order valence-corrected chi connectivity index (χ2v) is 9.09. The fourth-order valence-corrected chi connectivity index (χ4v) is 6.86. The monoisotopic (exact) mass is 388 g/mol. The van der Waals surface area contributed by atoms with Crippen molar-refractivity contribution in [3.8, 4) is 0 Å². The minimum Gasteiger partial charge on any atom is -0.498 e. The zero-order valence-corrected chi connectivity index (χ0v) is 15.3. The summed E-state index contributed by atoms with van der Waals surface area (Å²) in [4.78, 5) is 26.7. The van der Waals surface area contributed by atoms with Gasteiger partial charge in [0.15, 0.2) is 11.6 Å². The van der Waals surface area contributed by atoms with Crippen LogP contribution < -0.4 is 0 Å². The third-order valence-corrected chi connectivity index (χ3v) is 8.00. The highest BCUT2D eigenvalue weighted by atomic mass is 16.6. The first kappa shape index (κ1) is 16.2. The average Bonchev–Trinajstić information content (AvgIpc) is 3.57. The van der Waals surface area contributed by atoms with Crippen LogP contribution in [0.25, 0.3) is 0 Å². The van der Waals surface area contributed by atoms with Crippen LogP contribution in [0.3, 0.4) is 0 Å². The van der Waals surface area contributed by atoms with Crippen molar-refractivity contribution in [1.29, 1.82) is 0 Å². The van der Waals surface area contributed by atoms with Crippen LogP contribution in [0.15, 0.2) is 23.0 Å². The first-order chi connectivity index (χ1) is 13.4. The van der Waals surface area contributed by atoms with Crippen LogP contribution in [0.5, 0.6) is 0 Å². The van der Waals surface area contributed by atoms with Crippen molar-refractivity contribution in [2.75, 3.05) is 0 Å². The van der Waals surface area contributed by atoms with E-state index in [0.717, 1.165) is 0 Å². The van der Waals surface area contributed by atoms with E-state index in [2.05, 4.69) is 0 Å². The van der Waals surface area contributed by atoms with Crippen LogP contribution in [-0.2, 0) is 28.5 Å². The van der Waals surface area contributed by atoms with Crippen LogP contribution in [-0.4, -0.2) is 76.7 Å². The highest BCUT2D eigenvalue weighted by Crippen LogP contribution is 2.67. The minimum atomic E-state index is -1.19. The van der Waals surface area contributed by atoms with Gasteiger partial charge in [0.05, 0.1) is 30.0 Å². The Morgan fingerprint density at radius 1 is 0.964 bits per heavy atom. The molecule has 3 saturated heterocycles. The lowest BCUT2D eigenvalue weighted by atomic mass is 9.45. The lowest BCUT2D eigenvalue weighted by Crippen LogP contribution is -2.72. The predicted molar refractivity (Wildman–Crippen MR) is 88.8 cm³/mol. The summed E-state index contributed by atoms with van der Waals surface area (Å²) in [6.07, 6.45) is -4.40. The summed E-state index contributed by atoms with van der Waals surface area (Å²) in [6.45, 7) is 3.77. The van der Waals surface area contributed by atoms with Gasteiger partial charge in [-0.25, -0.2) is 0 Å². The van der Waals surface area contributed by atoms with Gasteiger partial charge in [-0.2, -0.15) is 0 Å². The van der Waals surface area contributed by atoms with Crippen molar-refractivity contribution in [3.05, 3.63) is 23.0 Å². The molecule has 4 fully saturated rings. The number of hydrogen-bond acceptors (Lipinski definition) is 8. The molecule has 148 valence electrons. The predicted octanol–water partition coefficient (Wildman–Crippen LogP) is -0.973. The fourth-order valence-electron chi connectivity index (χ4n) is 6.86. The van der Waals surface area contributed by atoms with Crippen molar-refractivity contribution in [1.82, 2.24) is 0 Å². The molecule has 12 atom stereocenters. The molecule has 1 spiro atoms. The zero-order chi connectivity index (χ0) is 19.3. The standard InChI is InChI=1S/C20H20O8/c1-4-7-8-9(13(23)16-15(27-16)12(8)22)19(26-4)20-6(3-25-5(2)10(7)20)11(21)14-17(28-14)18(20)24/h3-5,7,10-11,13-17,19,21,23H,1-2H3/t4-,5-,7?,10+,11+,13+,14-,15+,16-,17-,19?,20+/m1/s1. The minimum absolute atomic E-state index is 0.113. The van der Waals surface area contributed by atoms with E-state index in [1.165, 1.54) is 6.26 Å². The number of epoxide rings is 2. The van der Waals surface area contributed by atoms with Crippen LogP contribution in [0.1, 0.15) is 13.8 Å². The molecule has 8 aliphatic rings. The quantitative estimate of drug-likeness (QED) is 0.509. The molecule has 8 nitrogen and oxygen atoms in total. The van der Waals surface area contributed by atoms with Crippen LogP contribution in [0, 0.1) is 17.3 Å². The Kier molecular flexibility index (Phi) is 2.67. The normalized spacial score (nSPS) is 60.0. The molecule has 1 saturated carbocycles. The van der Waals surface area contributed by atoms with E-state index in [1.807, 2.05) is 13.8 Å². The summed E-state index contributed by atoms with van der Waals surface area (Å²) < 4.78 is 23.1. The second-order valence-electron chi connectivity index (χ2n) is 9.09. The zero-order valence-electron chi connectivity index (χ0n) is 15.3. The average molecular weight is 388 g/mol. The maximum Gasteiger partial charge on any atom is 0.190 e. The molecular formula is C20H20O8. The smallest absolute Gasteiger partial charge is 0.190 e. The number of Topliss-reactive ketones (excluding diaryl/α,β-unsaturated/α-hetero) is 2. The van der Waals surface area contributed by atoms with Gasteiger partial charge >= 0.3 is 0 Å². The number of ether oxygens (including phenoxy) is 4. The van der Waals surface area contributed by atoms with Gasteiger partial charge in [-0.15, -0.1) is 0 Å². The summed E-state index contributed by atoms with van der Waals surface area (Å²) in [6, 6.07) is 0. The van der Waals surface area contributed by atoms with Gasteiger partial charge in [0, 0.05) is 23.0 Å². The highest BCUT2D eigenvalue weighted by Gasteiger charge is 2.78. The molecule has 0 amide bonds. The number of aliphatic hydroxyl groups excluding tert-OH is 2. The topological polar surface area (TPSA) is 118 Å². The Bertz CT molecular complexity index is 921. The van der Waals surface area contributed by atoms with E-state index in [0.29, 0.717) is 16.7 Å². The fraction of sp³-hybridized carbons (Fsp3) is 0.700. The molecule has 3 aliphatic carbocycles. The molecule has 0 aromatic carbocycles. The van der Waals surface area contributed by atoms with E-state index < -0.39 is 54.1 Å². The first-order valence-electron chi connectivity index (χ1n) is 9.90. The summed E-state index contributed by atoms with van der Waals surface area (Å²) in [7, 11) is 0. The lowest BCUT2D eigenvalue weighted by molar-refractivity contribution is -0.210. The Hall–Kier alpha value is -1.58. The van der Waals surface area contributed by atoms with Gasteiger partial charge < -0.3 is 29.2 Å². The number of rotatable bonds is 0. The summed E-state index contributed by atoms with van der Waals surface area (Å²) in [5, 5.41) is 21.8. The van der Waals surface area contributed by atoms with Crippen LogP contribution in [0.2, 0.25) is 0 Å². The van der Waals surface area contributed by atoms with Crippen molar-refractivity contribution in [2.24, 2.45) is 17.3 Å². The summed E-state index contributed by atoms with van der Waals surface area (Å²) in [5.74, 6) is -1.05. The lowest BCUT2D eigenvalue weighted by Gasteiger charge is -2.63. The number of ketones is 2. The molecule has 0 aromatic rings. The van der Waals surface area contributed by atoms with Gasteiger partial charge in [-0.05, 0) is 19.4 Å². The molecule has 5 aliphatic heterocycles. The van der Waals surface area contributed by atoms with Gasteiger partial charge in [0.1, 0.15) is 36.6 Å². The van der Waals surface area contributed by atoms with Gasteiger partial charge in [-0.3, -0.25) is 9.59 Å². The molecule has 2 N–H and O–H groups in total. The number of carbonyl (C=O) groups is 2. The number of hydrogen-bond donors (Lipinski definition) is 2. The van der Waals surface area contributed by atoms with E-state index in [1.54, 1.807) is 0 Å². The van der Waals surface area contributed by atoms with Crippen LogP contribution in [0.4, 0.5) is 0 Å². The Morgan fingerprint density at radius 2 is 1.68 bits per heavy atom. The van der Waals surface area contributed by atoms with Gasteiger partial charge in [0.25, 0.3) is 0 Å². The van der Waals surface area contributed by atoms with Crippen LogP contribution >= 0.6 is 0 Å². The number of aliphatic hydroxyl groups is 2. The van der Waals surface area contributed by atoms with Gasteiger partial charge in [-0.1, -0.05) is 0 Å². The van der Waals surface area contributed by atoms with Crippen molar-refractivity contribution in [2.45, 2.75) is 68.8 Å². The van der Waals surface area contributed by atoms with E-state index in [-0.39, 0.29) is 29.7 Å². The molecule has 2 unspecified atom stereocenters. The molecule has 8 rings (SSSR count). The maximum absolute atomic E-state index is 13.7. The third-order valence-electron chi connectivity index (χ3n) is 8.00. The van der Waals surface area contributed by atoms with Gasteiger partial charge in [0.2, 0.25) is 0 Å². The van der Waals surface area contributed by atoms with Crippen molar-refractivity contribution >= 4 is 11.6 Å². The molecule has 0 aromatic heterocycles. The largest absolute Gasteiger partial charge is 0.498 e. The summed E-state index contributed by atoms with van der Waals surface area (Å²) >= 11 is 0. The Labute approximate surface area is 160 Å². The second kappa shape index (κ2) is 4.60. The molecule has 2 bridgehead atoms. The first-order valence-corrected chi connectivity index (χ1v) is 9.90. The van der Waals surface area contributed by atoms with E-state index in [9.17, 15) is 19.8 Å². The molecular weight excluding hydrogens is 368 g/mol. The Balaban J connectivity index is 1.52. The van der Waals surface area contributed by atoms with Crippen molar-refractivity contribution < 1.29 is 38.7 Å². The molecule has 0 radical (unpaired) electrons. The SMILES string of the molecule is C[C@H]1OC2C3=C(C(=O)[C@@H]4O[C@@H]4[C@H]3O)C1[C@@H]1[C@@H](C)OC=C3[C@H](O)[C@H]4O[C@H]4C(=O)[C@@]321. The summed E-state index contributed by atoms with van der Waals surface area (Å²) in [5.41, 5.74) is 0.269.